The average molecular weight is 408 g/mol. The molecule has 1 aliphatic heterocycles. The van der Waals surface area contributed by atoms with Gasteiger partial charge in [-0.15, -0.1) is 0 Å². The number of benzene rings is 3. The number of fused-ring (bicyclic) bond motifs is 1. The lowest BCUT2D eigenvalue weighted by molar-refractivity contribution is -0.118. The van der Waals surface area contributed by atoms with Gasteiger partial charge in [-0.3, -0.25) is 4.79 Å². The van der Waals surface area contributed by atoms with Crippen molar-refractivity contribution in [1.29, 1.82) is 0 Å². The highest BCUT2D eigenvalue weighted by Gasteiger charge is 2.23. The van der Waals surface area contributed by atoms with Crippen molar-refractivity contribution in [2.45, 2.75) is 10.8 Å². The van der Waals surface area contributed by atoms with Gasteiger partial charge in [-0.2, -0.15) is 0 Å². The average Bonchev–Trinajstić information content (AvgIpc) is 2.75. The Morgan fingerprint density at radius 1 is 0.931 bits per heavy atom. The summed E-state index contributed by atoms with van der Waals surface area (Å²) in [4.78, 5) is 11.6. The third-order valence-electron chi connectivity index (χ3n) is 4.78. The summed E-state index contributed by atoms with van der Waals surface area (Å²) in [5.74, 6) is 0.0102. The molecule has 0 spiro atoms. The third-order valence-corrected chi connectivity index (χ3v) is 6.20. The maximum absolute atomic E-state index is 12.9. The Bertz CT molecular complexity index is 1080. The van der Waals surface area contributed by atoms with Gasteiger partial charge in [0.15, 0.2) is 6.61 Å². The number of hydrogen-bond acceptors (Lipinski definition) is 4. The van der Waals surface area contributed by atoms with Crippen molar-refractivity contribution in [3.8, 4) is 5.75 Å². The fraction of sp³-hybridized carbons (Fsp3) is 0.136. The summed E-state index contributed by atoms with van der Waals surface area (Å²) < 4.78 is 33.8. The van der Waals surface area contributed by atoms with E-state index in [0.717, 1.165) is 11.1 Å². The first-order chi connectivity index (χ1) is 14.0. The van der Waals surface area contributed by atoms with Crippen LogP contribution in [0.15, 0.2) is 83.8 Å². The van der Waals surface area contributed by atoms with E-state index in [0.29, 0.717) is 11.4 Å². The Balaban J connectivity index is 1.58. The normalized spacial score (nSPS) is 13.5. The SMILES string of the molecule is O=C1COc2ccc(S(=O)(=O)NCC(c3ccccc3)c3ccccc3)cc2N1. The molecule has 0 fully saturated rings. The van der Waals surface area contributed by atoms with E-state index in [1.54, 1.807) is 6.07 Å². The summed E-state index contributed by atoms with van der Waals surface area (Å²) >= 11 is 0. The van der Waals surface area contributed by atoms with Crippen LogP contribution in [0.1, 0.15) is 17.0 Å². The van der Waals surface area contributed by atoms with Crippen LogP contribution in [0.5, 0.6) is 5.75 Å². The van der Waals surface area contributed by atoms with E-state index < -0.39 is 10.0 Å². The molecule has 148 valence electrons. The highest BCUT2D eigenvalue weighted by atomic mass is 32.2. The molecule has 2 N–H and O–H groups in total. The first kappa shape index (κ1) is 19.2. The molecule has 0 atom stereocenters. The number of ether oxygens (including phenoxy) is 1. The number of amides is 1. The largest absolute Gasteiger partial charge is 0.482 e. The second kappa shape index (κ2) is 8.06. The van der Waals surface area contributed by atoms with Crippen LogP contribution < -0.4 is 14.8 Å². The van der Waals surface area contributed by atoms with Crippen LogP contribution in [0.2, 0.25) is 0 Å². The molecule has 0 bridgehead atoms. The Labute approximate surface area is 169 Å². The fourth-order valence-corrected chi connectivity index (χ4v) is 4.38. The molecule has 0 saturated heterocycles. The van der Waals surface area contributed by atoms with Crippen LogP contribution >= 0.6 is 0 Å². The van der Waals surface area contributed by atoms with Gasteiger partial charge in [-0.25, -0.2) is 13.1 Å². The molecule has 6 nitrogen and oxygen atoms in total. The number of rotatable bonds is 6. The van der Waals surface area contributed by atoms with Crippen molar-refractivity contribution in [2.24, 2.45) is 0 Å². The number of anilines is 1. The summed E-state index contributed by atoms with van der Waals surface area (Å²) in [5, 5.41) is 2.63. The van der Waals surface area contributed by atoms with Crippen molar-refractivity contribution in [2.75, 3.05) is 18.5 Å². The Kier molecular flexibility index (Phi) is 5.33. The molecule has 3 aromatic rings. The van der Waals surface area contributed by atoms with Crippen LogP contribution in [0.3, 0.4) is 0 Å². The van der Waals surface area contributed by atoms with Crippen molar-refractivity contribution in [1.82, 2.24) is 4.72 Å². The fourth-order valence-electron chi connectivity index (χ4n) is 3.30. The van der Waals surface area contributed by atoms with Crippen molar-refractivity contribution >= 4 is 21.6 Å². The quantitative estimate of drug-likeness (QED) is 0.656. The minimum atomic E-state index is -3.78. The van der Waals surface area contributed by atoms with E-state index >= 15 is 0 Å². The van der Waals surface area contributed by atoms with Crippen LogP contribution in [0.4, 0.5) is 5.69 Å². The molecule has 1 amide bonds. The molecule has 29 heavy (non-hydrogen) atoms. The Hall–Kier alpha value is -3.16. The lowest BCUT2D eigenvalue weighted by Gasteiger charge is -2.20. The van der Waals surface area contributed by atoms with Gasteiger partial charge in [0.25, 0.3) is 5.91 Å². The van der Waals surface area contributed by atoms with Gasteiger partial charge in [-0.05, 0) is 29.3 Å². The molecule has 0 aromatic heterocycles. The van der Waals surface area contributed by atoms with Crippen molar-refractivity contribution in [3.05, 3.63) is 90.0 Å². The van der Waals surface area contributed by atoms with E-state index in [4.69, 9.17) is 4.74 Å². The van der Waals surface area contributed by atoms with Gasteiger partial charge in [0.1, 0.15) is 5.75 Å². The molecule has 1 heterocycles. The molecular weight excluding hydrogens is 388 g/mol. The van der Waals surface area contributed by atoms with E-state index in [2.05, 4.69) is 10.0 Å². The second-order valence-corrected chi connectivity index (χ2v) is 8.49. The highest BCUT2D eigenvalue weighted by molar-refractivity contribution is 7.89. The molecular formula is C22H20N2O4S. The zero-order valence-corrected chi connectivity index (χ0v) is 16.4. The monoisotopic (exact) mass is 408 g/mol. The van der Waals surface area contributed by atoms with E-state index in [1.807, 2.05) is 60.7 Å². The van der Waals surface area contributed by atoms with Gasteiger partial charge in [0, 0.05) is 12.5 Å². The Morgan fingerprint density at radius 2 is 1.55 bits per heavy atom. The van der Waals surface area contributed by atoms with Crippen LogP contribution in [0.25, 0.3) is 0 Å². The number of carbonyl (C=O) groups excluding carboxylic acids is 1. The Morgan fingerprint density at radius 3 is 2.17 bits per heavy atom. The molecule has 4 rings (SSSR count). The first-order valence-electron chi connectivity index (χ1n) is 9.19. The summed E-state index contributed by atoms with van der Waals surface area (Å²) in [7, 11) is -3.78. The number of sulfonamides is 1. The van der Waals surface area contributed by atoms with E-state index in [9.17, 15) is 13.2 Å². The number of carbonyl (C=O) groups is 1. The maximum Gasteiger partial charge on any atom is 0.262 e. The van der Waals surface area contributed by atoms with Crippen LogP contribution in [-0.2, 0) is 14.8 Å². The summed E-state index contributed by atoms with van der Waals surface area (Å²) in [6.45, 7) is 0.128. The number of hydrogen-bond donors (Lipinski definition) is 2. The van der Waals surface area contributed by atoms with Gasteiger partial charge in [0.05, 0.1) is 10.6 Å². The molecule has 0 radical (unpaired) electrons. The smallest absolute Gasteiger partial charge is 0.262 e. The van der Waals surface area contributed by atoms with Gasteiger partial charge in [-0.1, -0.05) is 60.7 Å². The van der Waals surface area contributed by atoms with Crippen molar-refractivity contribution < 1.29 is 17.9 Å². The number of nitrogens with one attached hydrogen (secondary N) is 2. The molecule has 1 aliphatic rings. The molecule has 0 aliphatic carbocycles. The summed E-state index contributed by atoms with van der Waals surface area (Å²) in [6, 6.07) is 24.0. The second-order valence-electron chi connectivity index (χ2n) is 6.72. The van der Waals surface area contributed by atoms with E-state index in [1.165, 1.54) is 12.1 Å². The summed E-state index contributed by atoms with van der Waals surface area (Å²) in [5.41, 5.74) is 2.40. The lowest BCUT2D eigenvalue weighted by Crippen LogP contribution is -2.30. The van der Waals surface area contributed by atoms with Gasteiger partial charge >= 0.3 is 0 Å². The lowest BCUT2D eigenvalue weighted by atomic mass is 9.92. The van der Waals surface area contributed by atoms with Crippen LogP contribution in [0, 0.1) is 0 Å². The van der Waals surface area contributed by atoms with Crippen molar-refractivity contribution in [3.63, 3.8) is 0 Å². The predicted molar refractivity (Wildman–Crippen MR) is 110 cm³/mol. The zero-order valence-electron chi connectivity index (χ0n) is 15.5. The summed E-state index contributed by atoms with van der Waals surface area (Å²) in [6.07, 6.45) is 0. The predicted octanol–water partition coefficient (Wildman–Crippen LogP) is 3.13. The molecule has 0 unspecified atom stereocenters. The third kappa shape index (κ3) is 4.31. The molecule has 0 saturated carbocycles. The standard InChI is InChI=1S/C22H20N2O4S/c25-22-15-28-21-12-11-18(13-20(21)24-22)29(26,27)23-14-19(16-7-3-1-4-8-16)17-9-5-2-6-10-17/h1-13,19,23H,14-15H2,(H,24,25). The minimum absolute atomic E-state index is 0.0712. The van der Waals surface area contributed by atoms with Crippen LogP contribution in [-0.4, -0.2) is 27.5 Å². The molecule has 3 aromatic carbocycles. The maximum atomic E-state index is 12.9. The zero-order chi connectivity index (χ0) is 20.3. The molecule has 7 heteroatoms. The highest BCUT2D eigenvalue weighted by Crippen LogP contribution is 2.30. The van der Waals surface area contributed by atoms with Gasteiger partial charge < -0.3 is 10.1 Å². The minimum Gasteiger partial charge on any atom is -0.482 e. The first-order valence-corrected chi connectivity index (χ1v) is 10.7. The van der Waals surface area contributed by atoms with Gasteiger partial charge in [0.2, 0.25) is 10.0 Å². The van der Waals surface area contributed by atoms with E-state index in [-0.39, 0.29) is 29.9 Å². The topological polar surface area (TPSA) is 84.5 Å².